The van der Waals surface area contributed by atoms with Crippen LogP contribution >= 0.6 is 43.5 Å². The second-order valence-corrected chi connectivity index (χ2v) is 5.85. The molecule has 0 unspecified atom stereocenters. The topological polar surface area (TPSA) is 68.0 Å². The predicted octanol–water partition coefficient (Wildman–Crippen LogP) is 4.09. The zero-order valence-corrected chi connectivity index (χ0v) is 13.4. The molecular weight excluding hydrogens is 397 g/mol. The Morgan fingerprint density at radius 3 is 2.68 bits per heavy atom. The van der Waals surface area contributed by atoms with Gasteiger partial charge >= 0.3 is 0 Å². The van der Waals surface area contributed by atoms with Crippen molar-refractivity contribution in [2.45, 2.75) is 0 Å². The minimum Gasteiger partial charge on any atom is -0.397 e. The van der Waals surface area contributed by atoms with E-state index >= 15 is 0 Å². The van der Waals surface area contributed by atoms with Gasteiger partial charge in [0, 0.05) is 4.47 Å². The molecule has 0 saturated carbocycles. The number of carbonyl (C=O) groups excluding carboxylic acids is 1. The maximum absolute atomic E-state index is 12.1. The fraction of sp³-hybridized carbons (Fsp3) is 0. The summed E-state index contributed by atoms with van der Waals surface area (Å²) >= 11 is 12.6. The van der Waals surface area contributed by atoms with E-state index in [0.29, 0.717) is 26.6 Å². The van der Waals surface area contributed by atoms with Gasteiger partial charge in [-0.1, -0.05) is 27.5 Å². The normalized spacial score (nSPS) is 10.3. The first-order valence-corrected chi connectivity index (χ1v) is 7.11. The summed E-state index contributed by atoms with van der Waals surface area (Å²) in [5.41, 5.74) is 6.46. The molecule has 2 aromatic rings. The van der Waals surface area contributed by atoms with Crippen molar-refractivity contribution in [1.29, 1.82) is 0 Å². The maximum Gasteiger partial charge on any atom is 0.258 e. The van der Waals surface area contributed by atoms with E-state index in [0.717, 1.165) is 4.47 Å². The van der Waals surface area contributed by atoms with Gasteiger partial charge in [-0.2, -0.15) is 0 Å². The first-order valence-electron chi connectivity index (χ1n) is 5.15. The molecule has 0 radical (unpaired) electrons. The van der Waals surface area contributed by atoms with Gasteiger partial charge in [0.1, 0.15) is 5.82 Å². The van der Waals surface area contributed by atoms with Gasteiger partial charge in [-0.15, -0.1) is 0 Å². The van der Waals surface area contributed by atoms with Crippen LogP contribution in [0.4, 0.5) is 11.5 Å². The fourth-order valence-corrected chi connectivity index (χ4v) is 2.62. The third-order valence-electron chi connectivity index (χ3n) is 2.27. The van der Waals surface area contributed by atoms with Crippen LogP contribution in [0.1, 0.15) is 10.4 Å². The monoisotopic (exact) mass is 403 g/mol. The number of hydrogen-bond acceptors (Lipinski definition) is 3. The Kier molecular flexibility index (Phi) is 4.44. The highest BCUT2D eigenvalue weighted by Gasteiger charge is 2.13. The lowest BCUT2D eigenvalue weighted by atomic mass is 10.2. The molecule has 3 N–H and O–H groups in total. The van der Waals surface area contributed by atoms with Crippen LogP contribution in [-0.2, 0) is 0 Å². The van der Waals surface area contributed by atoms with E-state index in [4.69, 9.17) is 17.3 Å². The van der Waals surface area contributed by atoms with Gasteiger partial charge in [0.25, 0.3) is 5.91 Å². The Bertz CT molecular complexity index is 649. The lowest BCUT2D eigenvalue weighted by molar-refractivity contribution is 0.102. The molecule has 0 saturated heterocycles. The van der Waals surface area contributed by atoms with E-state index in [-0.39, 0.29) is 5.91 Å². The van der Waals surface area contributed by atoms with Crippen LogP contribution < -0.4 is 11.1 Å². The van der Waals surface area contributed by atoms with E-state index in [1.807, 2.05) is 0 Å². The zero-order chi connectivity index (χ0) is 14.0. The molecule has 0 atom stereocenters. The van der Waals surface area contributed by atoms with Gasteiger partial charge in [0.2, 0.25) is 0 Å². The first kappa shape index (κ1) is 14.3. The molecule has 0 aliphatic carbocycles. The summed E-state index contributed by atoms with van der Waals surface area (Å²) in [7, 11) is 0. The first-order chi connectivity index (χ1) is 8.97. The molecule has 98 valence electrons. The lowest BCUT2D eigenvalue weighted by Gasteiger charge is -2.08. The number of pyridine rings is 1. The van der Waals surface area contributed by atoms with Crippen LogP contribution in [0.25, 0.3) is 0 Å². The van der Waals surface area contributed by atoms with Gasteiger partial charge in [-0.05, 0) is 40.2 Å². The number of nitrogens with one attached hydrogen (secondary N) is 1. The van der Waals surface area contributed by atoms with Crippen molar-refractivity contribution in [3.05, 3.63) is 50.0 Å². The largest absolute Gasteiger partial charge is 0.397 e. The molecule has 1 aromatic heterocycles. The van der Waals surface area contributed by atoms with Crippen molar-refractivity contribution < 1.29 is 4.79 Å². The summed E-state index contributed by atoms with van der Waals surface area (Å²) in [6.07, 6.45) is 1.46. The van der Waals surface area contributed by atoms with Crippen molar-refractivity contribution in [3.63, 3.8) is 0 Å². The average molecular weight is 405 g/mol. The SMILES string of the molecule is Nc1cnc(NC(=O)c2ccc(Br)cc2Cl)c(Br)c1. The van der Waals surface area contributed by atoms with E-state index in [9.17, 15) is 4.79 Å². The number of nitrogens with two attached hydrogens (primary N) is 1. The number of aromatic nitrogens is 1. The van der Waals surface area contributed by atoms with Gasteiger partial charge in [-0.25, -0.2) is 4.98 Å². The Morgan fingerprint density at radius 1 is 1.32 bits per heavy atom. The molecule has 19 heavy (non-hydrogen) atoms. The molecule has 7 heteroatoms. The number of anilines is 2. The second kappa shape index (κ2) is 5.90. The van der Waals surface area contributed by atoms with Crippen LogP contribution in [0, 0.1) is 0 Å². The van der Waals surface area contributed by atoms with Crippen molar-refractivity contribution in [3.8, 4) is 0 Å². The third-order valence-corrected chi connectivity index (χ3v) is 3.68. The summed E-state index contributed by atoms with van der Waals surface area (Å²) in [6.45, 7) is 0. The highest BCUT2D eigenvalue weighted by atomic mass is 79.9. The summed E-state index contributed by atoms with van der Waals surface area (Å²) in [4.78, 5) is 16.1. The maximum atomic E-state index is 12.1. The second-order valence-electron chi connectivity index (χ2n) is 3.68. The lowest BCUT2D eigenvalue weighted by Crippen LogP contribution is -2.14. The van der Waals surface area contributed by atoms with Gasteiger partial charge in [0.15, 0.2) is 0 Å². The Hall–Kier alpha value is -1.11. The van der Waals surface area contributed by atoms with Crippen molar-refractivity contribution >= 4 is 60.9 Å². The van der Waals surface area contributed by atoms with Gasteiger partial charge in [-0.3, -0.25) is 4.79 Å². The van der Waals surface area contributed by atoms with Crippen molar-refractivity contribution in [2.24, 2.45) is 0 Å². The average Bonchev–Trinajstić information content (AvgIpc) is 2.32. The van der Waals surface area contributed by atoms with Crippen LogP contribution in [0.5, 0.6) is 0 Å². The quantitative estimate of drug-likeness (QED) is 0.791. The number of nitrogens with zero attached hydrogens (tertiary/aromatic N) is 1. The summed E-state index contributed by atoms with van der Waals surface area (Å²) < 4.78 is 1.41. The molecular formula is C12H8Br2ClN3O. The highest BCUT2D eigenvalue weighted by Crippen LogP contribution is 2.25. The fourth-order valence-electron chi connectivity index (χ4n) is 1.39. The molecule has 0 aliphatic heterocycles. The van der Waals surface area contributed by atoms with Crippen molar-refractivity contribution in [1.82, 2.24) is 4.98 Å². The van der Waals surface area contributed by atoms with Crippen LogP contribution in [0.2, 0.25) is 5.02 Å². The predicted molar refractivity (Wildman–Crippen MR) is 83.5 cm³/mol. The van der Waals surface area contributed by atoms with Crippen molar-refractivity contribution in [2.75, 3.05) is 11.1 Å². The summed E-state index contributed by atoms with van der Waals surface area (Å²) in [5.74, 6) is 0.0497. The van der Waals surface area contributed by atoms with Crippen LogP contribution in [0.15, 0.2) is 39.4 Å². The van der Waals surface area contributed by atoms with Gasteiger partial charge < -0.3 is 11.1 Å². The van der Waals surface area contributed by atoms with E-state index in [1.165, 1.54) is 6.20 Å². The van der Waals surface area contributed by atoms with Crippen LogP contribution in [-0.4, -0.2) is 10.9 Å². The molecule has 0 bridgehead atoms. The Labute approximate surface area is 131 Å². The number of nitrogen functional groups attached to an aromatic ring is 1. The smallest absolute Gasteiger partial charge is 0.258 e. The molecule has 0 aliphatic rings. The minimum atomic E-state index is -0.338. The molecule has 1 amide bonds. The van der Waals surface area contributed by atoms with Crippen LogP contribution in [0.3, 0.4) is 0 Å². The number of carbonyl (C=O) groups is 1. The van der Waals surface area contributed by atoms with E-state index in [1.54, 1.807) is 24.3 Å². The number of halogens is 3. The Balaban J connectivity index is 2.25. The molecule has 0 fully saturated rings. The standard InChI is InChI=1S/C12H8Br2ClN3O/c13-6-1-2-8(10(15)3-6)12(19)18-11-9(14)4-7(16)5-17-11/h1-5H,16H2,(H,17,18,19). The Morgan fingerprint density at radius 2 is 2.05 bits per heavy atom. The zero-order valence-electron chi connectivity index (χ0n) is 9.45. The van der Waals surface area contributed by atoms with Gasteiger partial charge in [0.05, 0.1) is 26.9 Å². The molecule has 2 rings (SSSR count). The number of rotatable bonds is 2. The minimum absolute atomic E-state index is 0.338. The molecule has 0 spiro atoms. The summed E-state index contributed by atoms with van der Waals surface area (Å²) in [5, 5.41) is 3.02. The number of amides is 1. The molecule has 1 heterocycles. The molecule has 1 aromatic carbocycles. The number of hydrogen-bond donors (Lipinski definition) is 2. The highest BCUT2D eigenvalue weighted by molar-refractivity contribution is 9.10. The summed E-state index contributed by atoms with van der Waals surface area (Å²) in [6, 6.07) is 6.69. The number of benzene rings is 1. The third kappa shape index (κ3) is 3.46. The molecule has 4 nitrogen and oxygen atoms in total. The van der Waals surface area contributed by atoms with E-state index in [2.05, 4.69) is 42.2 Å². The van der Waals surface area contributed by atoms with E-state index < -0.39 is 0 Å².